The number of anilines is 2. The second kappa shape index (κ2) is 6.74. The summed E-state index contributed by atoms with van der Waals surface area (Å²) < 4.78 is 0. The molecule has 6 nitrogen and oxygen atoms in total. The summed E-state index contributed by atoms with van der Waals surface area (Å²) in [7, 11) is 0. The molecular formula is C15H25N5O. The Morgan fingerprint density at radius 3 is 2.71 bits per heavy atom. The third-order valence-electron chi connectivity index (χ3n) is 3.29. The Hall–Kier alpha value is -1.85. The molecule has 3 N–H and O–H groups in total. The smallest absolute Gasteiger partial charge is 0.236 e. The molecule has 0 aliphatic heterocycles. The highest BCUT2D eigenvalue weighted by Gasteiger charge is 2.28. The van der Waals surface area contributed by atoms with Gasteiger partial charge in [-0.2, -0.15) is 0 Å². The zero-order chi connectivity index (χ0) is 15.4. The lowest BCUT2D eigenvalue weighted by molar-refractivity contribution is -0.116. The number of hydrogen-bond donors (Lipinski definition) is 2. The van der Waals surface area contributed by atoms with Crippen molar-refractivity contribution in [2.75, 3.05) is 29.9 Å². The Balaban J connectivity index is 2.29. The summed E-state index contributed by atoms with van der Waals surface area (Å²) >= 11 is 0. The molecule has 0 aromatic carbocycles. The molecule has 6 heteroatoms. The van der Waals surface area contributed by atoms with Crippen LogP contribution in [0.25, 0.3) is 0 Å². The molecule has 1 aromatic rings. The summed E-state index contributed by atoms with van der Waals surface area (Å²) in [6.07, 6.45) is 2.30. The summed E-state index contributed by atoms with van der Waals surface area (Å²) in [5, 5.41) is 3.24. The molecule has 116 valence electrons. The topological polar surface area (TPSA) is 84.1 Å². The van der Waals surface area contributed by atoms with Crippen LogP contribution >= 0.6 is 0 Å². The molecule has 0 bridgehead atoms. The first-order valence-electron chi connectivity index (χ1n) is 7.65. The van der Waals surface area contributed by atoms with Crippen LogP contribution in [-0.2, 0) is 4.79 Å². The largest absolute Gasteiger partial charge is 0.370 e. The average Bonchev–Trinajstić information content (AvgIpc) is 3.21. The fourth-order valence-electron chi connectivity index (χ4n) is 2.28. The van der Waals surface area contributed by atoms with E-state index in [9.17, 15) is 4.79 Å². The first-order chi connectivity index (χ1) is 9.99. The molecule has 1 heterocycles. The van der Waals surface area contributed by atoms with Gasteiger partial charge in [0.2, 0.25) is 5.91 Å². The number of rotatable bonds is 8. The Bertz CT molecular complexity index is 499. The molecule has 1 aliphatic carbocycles. The van der Waals surface area contributed by atoms with Crippen LogP contribution in [-0.4, -0.2) is 35.5 Å². The van der Waals surface area contributed by atoms with Crippen molar-refractivity contribution in [2.45, 2.75) is 39.5 Å². The number of nitrogens with one attached hydrogen (secondary N) is 1. The van der Waals surface area contributed by atoms with Gasteiger partial charge in [0.1, 0.15) is 17.5 Å². The number of aromatic nitrogens is 2. The summed E-state index contributed by atoms with van der Waals surface area (Å²) in [5.74, 6) is 3.04. The highest BCUT2D eigenvalue weighted by Crippen LogP contribution is 2.39. The van der Waals surface area contributed by atoms with Gasteiger partial charge in [0, 0.05) is 25.1 Å². The Kier molecular flexibility index (Phi) is 4.98. The van der Waals surface area contributed by atoms with Crippen LogP contribution < -0.4 is 16.0 Å². The van der Waals surface area contributed by atoms with E-state index in [0.717, 1.165) is 43.4 Å². The van der Waals surface area contributed by atoms with Crippen molar-refractivity contribution in [1.82, 2.24) is 9.97 Å². The number of nitrogens with two attached hydrogens (primary N) is 1. The van der Waals surface area contributed by atoms with E-state index < -0.39 is 0 Å². The highest BCUT2D eigenvalue weighted by atomic mass is 16.1. The molecule has 1 fully saturated rings. The highest BCUT2D eigenvalue weighted by molar-refractivity contribution is 5.79. The van der Waals surface area contributed by atoms with E-state index >= 15 is 0 Å². The van der Waals surface area contributed by atoms with E-state index in [0.29, 0.717) is 11.8 Å². The second-order valence-electron chi connectivity index (χ2n) is 6.01. The fraction of sp³-hybridized carbons (Fsp3) is 0.667. The lowest BCUT2D eigenvalue weighted by Gasteiger charge is -2.25. The molecule has 21 heavy (non-hydrogen) atoms. The minimum absolute atomic E-state index is 0.185. The van der Waals surface area contributed by atoms with Crippen molar-refractivity contribution in [1.29, 1.82) is 0 Å². The predicted octanol–water partition coefficient (Wildman–Crippen LogP) is 1.73. The van der Waals surface area contributed by atoms with E-state index in [1.54, 1.807) is 0 Å². The van der Waals surface area contributed by atoms with Gasteiger partial charge in [-0.1, -0.05) is 13.8 Å². The number of amides is 1. The molecule has 0 spiro atoms. The molecule has 0 atom stereocenters. The maximum absolute atomic E-state index is 11.3. The van der Waals surface area contributed by atoms with Crippen molar-refractivity contribution in [3.8, 4) is 0 Å². The number of hydrogen-bond acceptors (Lipinski definition) is 5. The molecule has 0 saturated heterocycles. The van der Waals surface area contributed by atoms with E-state index in [4.69, 9.17) is 5.73 Å². The number of carbonyl (C=O) groups is 1. The normalized spacial score (nSPS) is 14.3. The van der Waals surface area contributed by atoms with Gasteiger partial charge in [0.15, 0.2) is 0 Å². The van der Waals surface area contributed by atoms with Crippen LogP contribution in [0.3, 0.4) is 0 Å². The zero-order valence-corrected chi connectivity index (χ0v) is 13.1. The standard InChI is InChI=1S/C15H25N5O/c1-4-17-13-7-14(19-15(18-13)11-5-6-11)20(8-10(2)3)9-12(16)21/h7,10-11H,4-6,8-9H2,1-3H3,(H2,16,21)(H,17,18,19). The molecule has 2 rings (SSSR count). The van der Waals surface area contributed by atoms with E-state index in [-0.39, 0.29) is 12.5 Å². The van der Waals surface area contributed by atoms with Crippen molar-refractivity contribution in [3.63, 3.8) is 0 Å². The van der Waals surface area contributed by atoms with Crippen LogP contribution in [0.1, 0.15) is 45.4 Å². The van der Waals surface area contributed by atoms with E-state index in [2.05, 4.69) is 29.1 Å². The summed E-state index contributed by atoms with van der Waals surface area (Å²) in [4.78, 5) is 22.5. The average molecular weight is 291 g/mol. The maximum atomic E-state index is 11.3. The Labute approximate surface area is 126 Å². The zero-order valence-electron chi connectivity index (χ0n) is 13.1. The molecule has 0 unspecified atom stereocenters. The van der Waals surface area contributed by atoms with Gasteiger partial charge in [-0.25, -0.2) is 9.97 Å². The van der Waals surface area contributed by atoms with Gasteiger partial charge in [-0.3, -0.25) is 4.79 Å². The van der Waals surface area contributed by atoms with Crippen LogP contribution in [0.4, 0.5) is 11.6 Å². The minimum atomic E-state index is -0.341. The first-order valence-corrected chi connectivity index (χ1v) is 7.65. The van der Waals surface area contributed by atoms with Gasteiger partial charge in [0.25, 0.3) is 0 Å². The summed E-state index contributed by atoms with van der Waals surface area (Å²) in [6.45, 7) is 8.00. The van der Waals surface area contributed by atoms with Crippen molar-refractivity contribution < 1.29 is 4.79 Å². The molecule has 1 saturated carbocycles. The number of nitrogens with zero attached hydrogens (tertiary/aromatic N) is 3. The van der Waals surface area contributed by atoms with Crippen LogP contribution in [0, 0.1) is 5.92 Å². The lowest BCUT2D eigenvalue weighted by Crippen LogP contribution is -2.37. The third-order valence-corrected chi connectivity index (χ3v) is 3.29. The molecule has 0 radical (unpaired) electrons. The summed E-state index contributed by atoms with van der Waals surface area (Å²) in [6, 6.07) is 1.90. The molecule has 1 amide bonds. The van der Waals surface area contributed by atoms with Crippen molar-refractivity contribution in [2.24, 2.45) is 11.7 Å². The van der Waals surface area contributed by atoms with E-state index in [1.165, 1.54) is 0 Å². The van der Waals surface area contributed by atoms with E-state index in [1.807, 2.05) is 17.9 Å². The minimum Gasteiger partial charge on any atom is -0.370 e. The van der Waals surface area contributed by atoms with Crippen molar-refractivity contribution >= 4 is 17.5 Å². The number of carbonyl (C=O) groups excluding carboxylic acids is 1. The SMILES string of the molecule is CCNc1cc(N(CC(N)=O)CC(C)C)nc(C2CC2)n1. The lowest BCUT2D eigenvalue weighted by atomic mass is 10.2. The summed E-state index contributed by atoms with van der Waals surface area (Å²) in [5.41, 5.74) is 5.37. The monoisotopic (exact) mass is 291 g/mol. The van der Waals surface area contributed by atoms with Gasteiger partial charge in [0.05, 0.1) is 6.54 Å². The van der Waals surface area contributed by atoms with Crippen molar-refractivity contribution in [3.05, 3.63) is 11.9 Å². The second-order valence-corrected chi connectivity index (χ2v) is 6.01. The van der Waals surface area contributed by atoms with Gasteiger partial charge in [-0.15, -0.1) is 0 Å². The first kappa shape index (κ1) is 15.5. The quantitative estimate of drug-likeness (QED) is 0.762. The van der Waals surface area contributed by atoms with Crippen LogP contribution in [0.15, 0.2) is 6.07 Å². The fourth-order valence-corrected chi connectivity index (χ4v) is 2.28. The Morgan fingerprint density at radius 1 is 1.48 bits per heavy atom. The Morgan fingerprint density at radius 2 is 2.19 bits per heavy atom. The van der Waals surface area contributed by atoms with Gasteiger partial charge in [-0.05, 0) is 25.7 Å². The molecular weight excluding hydrogens is 266 g/mol. The van der Waals surface area contributed by atoms with Gasteiger partial charge < -0.3 is 16.0 Å². The molecule has 1 aromatic heterocycles. The van der Waals surface area contributed by atoms with Crippen LogP contribution in [0.2, 0.25) is 0 Å². The molecule has 1 aliphatic rings. The maximum Gasteiger partial charge on any atom is 0.236 e. The van der Waals surface area contributed by atoms with Gasteiger partial charge >= 0.3 is 0 Å². The third kappa shape index (κ3) is 4.58. The van der Waals surface area contributed by atoms with Crippen LogP contribution in [0.5, 0.6) is 0 Å². The number of primary amides is 1. The predicted molar refractivity (Wildman–Crippen MR) is 84.4 cm³/mol.